The lowest BCUT2D eigenvalue weighted by Crippen LogP contribution is -2.42. The first kappa shape index (κ1) is 18.1. The Bertz CT molecular complexity index is 1010. The Hall–Kier alpha value is -3.23. The molecule has 0 aliphatic carbocycles. The van der Waals surface area contributed by atoms with Gasteiger partial charge in [-0.25, -0.2) is 4.79 Å². The normalized spacial score (nSPS) is 13.5. The largest absolute Gasteiger partial charge is 0.338 e. The van der Waals surface area contributed by atoms with E-state index in [2.05, 4.69) is 25.5 Å². The topological polar surface area (TPSA) is 102 Å². The summed E-state index contributed by atoms with van der Waals surface area (Å²) in [6, 6.07) is 1.88. The second-order valence-electron chi connectivity index (χ2n) is 6.90. The number of aromatic nitrogens is 5. The Labute approximate surface area is 162 Å². The van der Waals surface area contributed by atoms with Crippen LogP contribution in [-0.2, 0) is 19.5 Å². The molecule has 4 heterocycles. The number of nitrogens with one attached hydrogen (secondary N) is 1. The zero-order valence-electron chi connectivity index (χ0n) is 16.3. The zero-order chi connectivity index (χ0) is 19.7. The van der Waals surface area contributed by atoms with E-state index in [-0.39, 0.29) is 6.03 Å². The predicted molar refractivity (Wildman–Crippen MR) is 102 cm³/mol. The fourth-order valence-electron chi connectivity index (χ4n) is 3.49. The molecular weight excluding hydrogens is 358 g/mol. The van der Waals surface area contributed by atoms with E-state index in [1.807, 2.05) is 39.2 Å². The monoisotopic (exact) mass is 381 g/mol. The van der Waals surface area contributed by atoms with Gasteiger partial charge in [-0.15, -0.1) is 0 Å². The van der Waals surface area contributed by atoms with Crippen molar-refractivity contribution in [1.29, 1.82) is 0 Å². The van der Waals surface area contributed by atoms with E-state index in [0.29, 0.717) is 37.9 Å². The summed E-state index contributed by atoms with van der Waals surface area (Å²) >= 11 is 0. The molecule has 0 bridgehead atoms. The number of carbonyl (C=O) groups excluding carboxylic acids is 1. The summed E-state index contributed by atoms with van der Waals surface area (Å²) in [4.78, 5) is 23.0. The maximum atomic E-state index is 12.2. The average Bonchev–Trinajstić information content (AvgIpc) is 3.30. The summed E-state index contributed by atoms with van der Waals surface area (Å²) in [6.45, 7) is 8.00. The zero-order valence-corrected chi connectivity index (χ0v) is 16.3. The Morgan fingerprint density at radius 1 is 1.36 bits per heavy atom. The lowest BCUT2D eigenvalue weighted by atomic mass is 9.95. The molecule has 3 aromatic heterocycles. The molecule has 28 heavy (non-hydrogen) atoms. The third kappa shape index (κ3) is 3.47. The van der Waals surface area contributed by atoms with E-state index in [1.54, 1.807) is 9.58 Å². The minimum absolute atomic E-state index is 0.0494. The number of rotatable bonds is 4. The summed E-state index contributed by atoms with van der Waals surface area (Å²) < 4.78 is 7.21. The van der Waals surface area contributed by atoms with Gasteiger partial charge in [-0.05, 0) is 44.4 Å². The summed E-state index contributed by atoms with van der Waals surface area (Å²) in [5.41, 5.74) is 4.85. The number of aryl methyl sites for hydroxylation is 2. The van der Waals surface area contributed by atoms with Gasteiger partial charge in [-0.3, -0.25) is 9.67 Å². The van der Waals surface area contributed by atoms with E-state index in [9.17, 15) is 4.79 Å². The van der Waals surface area contributed by atoms with Gasteiger partial charge in [0.05, 0.1) is 5.69 Å². The molecule has 4 rings (SSSR count). The maximum Gasteiger partial charge on any atom is 0.317 e. The Morgan fingerprint density at radius 2 is 2.21 bits per heavy atom. The molecule has 1 aliphatic heterocycles. The van der Waals surface area contributed by atoms with Crippen LogP contribution >= 0.6 is 0 Å². The van der Waals surface area contributed by atoms with Gasteiger partial charge in [0.2, 0.25) is 11.7 Å². The molecule has 0 unspecified atom stereocenters. The first-order valence-electron chi connectivity index (χ1n) is 9.38. The van der Waals surface area contributed by atoms with Crippen molar-refractivity contribution in [1.82, 2.24) is 35.1 Å². The van der Waals surface area contributed by atoms with Gasteiger partial charge >= 0.3 is 6.03 Å². The highest BCUT2D eigenvalue weighted by atomic mass is 16.5. The van der Waals surface area contributed by atoms with Crippen molar-refractivity contribution < 1.29 is 9.32 Å². The molecule has 1 aliphatic rings. The lowest BCUT2D eigenvalue weighted by molar-refractivity contribution is 0.193. The third-order valence-electron chi connectivity index (χ3n) is 4.84. The van der Waals surface area contributed by atoms with Crippen LogP contribution in [0.1, 0.15) is 35.3 Å². The van der Waals surface area contributed by atoms with Crippen molar-refractivity contribution in [2.75, 3.05) is 13.1 Å². The summed E-state index contributed by atoms with van der Waals surface area (Å²) in [6.07, 6.45) is 4.45. The molecule has 146 valence electrons. The van der Waals surface area contributed by atoms with Crippen LogP contribution in [0, 0.1) is 13.8 Å². The van der Waals surface area contributed by atoms with Gasteiger partial charge in [-0.2, -0.15) is 10.1 Å². The van der Waals surface area contributed by atoms with Crippen LogP contribution in [0.5, 0.6) is 0 Å². The van der Waals surface area contributed by atoms with E-state index >= 15 is 0 Å². The number of nitrogens with zero attached hydrogens (tertiary/aromatic N) is 6. The van der Waals surface area contributed by atoms with Gasteiger partial charge < -0.3 is 14.7 Å². The number of hydrogen-bond donors (Lipinski definition) is 1. The molecule has 0 aromatic carbocycles. The van der Waals surface area contributed by atoms with Crippen LogP contribution in [-0.4, -0.2) is 48.9 Å². The fraction of sp³-hybridized carbons (Fsp3) is 0.421. The van der Waals surface area contributed by atoms with Gasteiger partial charge in [0, 0.05) is 43.3 Å². The van der Waals surface area contributed by atoms with Gasteiger partial charge in [0.1, 0.15) is 6.54 Å². The van der Waals surface area contributed by atoms with Crippen LogP contribution < -0.4 is 5.32 Å². The number of fused-ring (bicyclic) bond motifs is 1. The minimum Gasteiger partial charge on any atom is -0.338 e. The first-order chi connectivity index (χ1) is 13.5. The van der Waals surface area contributed by atoms with E-state index in [4.69, 9.17) is 4.52 Å². The van der Waals surface area contributed by atoms with Crippen molar-refractivity contribution in [3.8, 4) is 11.4 Å². The van der Waals surface area contributed by atoms with Gasteiger partial charge in [0.25, 0.3) is 0 Å². The number of amides is 2. The number of carbonyl (C=O) groups is 1. The molecule has 0 fully saturated rings. The first-order valence-corrected chi connectivity index (χ1v) is 9.38. The molecule has 3 aromatic rings. The van der Waals surface area contributed by atoms with Crippen LogP contribution in [0.15, 0.2) is 23.0 Å². The molecule has 1 N–H and O–H groups in total. The molecule has 0 atom stereocenters. The number of hydrogen-bond acceptors (Lipinski definition) is 6. The molecule has 9 nitrogen and oxygen atoms in total. The lowest BCUT2D eigenvalue weighted by Gasteiger charge is -2.29. The Kier molecular flexibility index (Phi) is 4.81. The molecule has 0 saturated carbocycles. The molecular formula is C19H23N7O2. The maximum absolute atomic E-state index is 12.2. The summed E-state index contributed by atoms with van der Waals surface area (Å²) in [5, 5.41) is 11.4. The van der Waals surface area contributed by atoms with Gasteiger partial charge in [-0.1, -0.05) is 5.16 Å². The van der Waals surface area contributed by atoms with Crippen molar-refractivity contribution in [2.45, 2.75) is 40.3 Å². The Balaban J connectivity index is 1.61. The predicted octanol–water partition coefficient (Wildman–Crippen LogP) is 2.08. The second-order valence-corrected chi connectivity index (χ2v) is 6.90. The molecule has 2 amide bonds. The van der Waals surface area contributed by atoms with E-state index in [0.717, 1.165) is 34.5 Å². The van der Waals surface area contributed by atoms with Crippen molar-refractivity contribution >= 4 is 6.03 Å². The summed E-state index contributed by atoms with van der Waals surface area (Å²) in [5.74, 6) is 1.03. The number of pyridine rings is 1. The van der Waals surface area contributed by atoms with E-state index < -0.39 is 0 Å². The highest BCUT2D eigenvalue weighted by Crippen LogP contribution is 2.30. The van der Waals surface area contributed by atoms with Crippen LogP contribution in [0.3, 0.4) is 0 Å². The molecule has 0 saturated heterocycles. The summed E-state index contributed by atoms with van der Waals surface area (Å²) in [7, 11) is 0. The second kappa shape index (κ2) is 7.41. The van der Waals surface area contributed by atoms with Crippen molar-refractivity contribution in [2.24, 2.45) is 0 Å². The smallest absolute Gasteiger partial charge is 0.317 e. The van der Waals surface area contributed by atoms with E-state index in [1.165, 1.54) is 0 Å². The Morgan fingerprint density at radius 3 is 2.96 bits per heavy atom. The van der Waals surface area contributed by atoms with Crippen molar-refractivity contribution in [3.63, 3.8) is 0 Å². The van der Waals surface area contributed by atoms with Crippen LogP contribution in [0.2, 0.25) is 0 Å². The van der Waals surface area contributed by atoms with Gasteiger partial charge in [0.15, 0.2) is 0 Å². The fourth-order valence-corrected chi connectivity index (χ4v) is 3.49. The van der Waals surface area contributed by atoms with Crippen molar-refractivity contribution in [3.05, 3.63) is 46.9 Å². The highest BCUT2D eigenvalue weighted by molar-refractivity contribution is 5.75. The molecule has 0 radical (unpaired) electrons. The minimum atomic E-state index is -0.0494. The molecule has 9 heteroatoms. The standard InChI is InChI=1S/C19H23N7O2/c1-4-20-19(27)25-7-6-15-14(10-25)9-21-13(3)17(15)18-22-16(28-24-18)11-26-8-5-12(2)23-26/h5,8-9H,4,6-7,10-11H2,1-3H3,(H,20,27). The molecule has 0 spiro atoms. The van der Waals surface area contributed by atoms with Crippen LogP contribution in [0.4, 0.5) is 4.79 Å². The third-order valence-corrected chi connectivity index (χ3v) is 4.84. The quantitative estimate of drug-likeness (QED) is 0.742. The SMILES string of the molecule is CCNC(=O)N1CCc2c(cnc(C)c2-c2noc(Cn3ccc(C)n3)n2)C1. The van der Waals surface area contributed by atoms with Crippen LogP contribution in [0.25, 0.3) is 11.4 Å². The highest BCUT2D eigenvalue weighted by Gasteiger charge is 2.26. The average molecular weight is 381 g/mol. The number of urea groups is 1.